The van der Waals surface area contributed by atoms with Crippen LogP contribution in [0.15, 0.2) is 60.8 Å². The minimum absolute atomic E-state index is 0.122. The zero-order valence-electron chi connectivity index (χ0n) is 22.1. The van der Waals surface area contributed by atoms with Crippen molar-refractivity contribution in [2.75, 3.05) is 0 Å². The van der Waals surface area contributed by atoms with E-state index in [9.17, 15) is 14.7 Å². The van der Waals surface area contributed by atoms with Crippen molar-refractivity contribution in [1.82, 2.24) is 15.6 Å². The van der Waals surface area contributed by atoms with Crippen LogP contribution in [0.5, 0.6) is 0 Å². The third-order valence-electron chi connectivity index (χ3n) is 5.93. The molecule has 1 amide bonds. The lowest BCUT2D eigenvalue weighted by molar-refractivity contribution is -0.148. The molecule has 200 valence electrons. The number of unbranched alkanes of at least 4 members (excludes halogenated alkanes) is 1. The third kappa shape index (κ3) is 8.91. The van der Waals surface area contributed by atoms with Crippen molar-refractivity contribution in [2.24, 2.45) is 0 Å². The number of aromatic amines is 1. The van der Waals surface area contributed by atoms with E-state index in [2.05, 4.69) is 15.6 Å². The van der Waals surface area contributed by atoms with Crippen LogP contribution in [-0.2, 0) is 27.3 Å². The molecule has 0 saturated heterocycles. The summed E-state index contributed by atoms with van der Waals surface area (Å²) in [6.07, 6.45) is 2.53. The summed E-state index contributed by atoms with van der Waals surface area (Å²) in [7, 11) is 0. The van der Waals surface area contributed by atoms with Gasteiger partial charge >= 0.3 is 12.1 Å². The third-order valence-corrected chi connectivity index (χ3v) is 5.93. The summed E-state index contributed by atoms with van der Waals surface area (Å²) in [6, 6.07) is 15.8. The Morgan fingerprint density at radius 2 is 1.76 bits per heavy atom. The van der Waals surface area contributed by atoms with Gasteiger partial charge in [0.2, 0.25) is 0 Å². The van der Waals surface area contributed by atoms with Gasteiger partial charge in [-0.25, -0.2) is 4.79 Å². The van der Waals surface area contributed by atoms with E-state index in [1.807, 2.05) is 67.7 Å². The zero-order chi connectivity index (χ0) is 26.8. The van der Waals surface area contributed by atoms with Gasteiger partial charge in [0.25, 0.3) is 0 Å². The fourth-order valence-corrected chi connectivity index (χ4v) is 4.07. The van der Waals surface area contributed by atoms with E-state index >= 15 is 0 Å². The standard InChI is InChI=1S/C29H39N3O5/c1-5-6-15-24(32-28(35)37-29(2,3)4)26(33)31-25(27(34)36-19-20-12-8-7-9-13-20)17-21-18-30-23-16-11-10-14-22(21)23/h7-14,16,18,24-26,30-31,33H,5-6,15,17,19H2,1-4H3,(H,32,35)/t24-,25?,26?/m1/s1. The highest BCUT2D eigenvalue weighted by Crippen LogP contribution is 2.20. The molecule has 4 N–H and O–H groups in total. The Balaban J connectivity index is 1.77. The summed E-state index contributed by atoms with van der Waals surface area (Å²) in [6.45, 7) is 7.50. The number of para-hydroxylation sites is 1. The van der Waals surface area contributed by atoms with Crippen molar-refractivity contribution in [1.29, 1.82) is 0 Å². The highest BCUT2D eigenvalue weighted by Gasteiger charge is 2.30. The van der Waals surface area contributed by atoms with E-state index < -0.39 is 36.0 Å². The predicted octanol–water partition coefficient (Wildman–Crippen LogP) is 4.81. The first-order valence-corrected chi connectivity index (χ1v) is 12.9. The first-order chi connectivity index (χ1) is 17.7. The molecule has 0 bridgehead atoms. The lowest BCUT2D eigenvalue weighted by Crippen LogP contribution is -2.55. The van der Waals surface area contributed by atoms with Crippen LogP contribution in [-0.4, -0.2) is 46.1 Å². The average molecular weight is 510 g/mol. The van der Waals surface area contributed by atoms with E-state index in [0.29, 0.717) is 12.8 Å². The summed E-state index contributed by atoms with van der Waals surface area (Å²) in [5, 5.41) is 17.9. The molecule has 0 aliphatic rings. The van der Waals surface area contributed by atoms with Crippen molar-refractivity contribution in [3.63, 3.8) is 0 Å². The van der Waals surface area contributed by atoms with Gasteiger partial charge in [-0.15, -0.1) is 0 Å². The van der Waals surface area contributed by atoms with E-state index in [-0.39, 0.29) is 6.61 Å². The number of rotatable bonds is 12. The summed E-state index contributed by atoms with van der Waals surface area (Å²) in [4.78, 5) is 28.9. The van der Waals surface area contributed by atoms with Crippen molar-refractivity contribution >= 4 is 23.0 Å². The SMILES string of the molecule is CCCC[C@@H](NC(=O)OC(C)(C)C)C(O)NC(Cc1c[nH]c2ccccc12)C(=O)OCc1ccccc1. The number of aliphatic hydroxyl groups excluding tert-OH is 1. The van der Waals surface area contributed by atoms with Gasteiger partial charge in [0.15, 0.2) is 0 Å². The molecule has 8 heteroatoms. The van der Waals surface area contributed by atoms with Gasteiger partial charge in [-0.3, -0.25) is 10.1 Å². The highest BCUT2D eigenvalue weighted by molar-refractivity contribution is 5.84. The number of carbonyl (C=O) groups is 2. The summed E-state index contributed by atoms with van der Waals surface area (Å²) in [5.41, 5.74) is 2.08. The quantitative estimate of drug-likeness (QED) is 0.206. The van der Waals surface area contributed by atoms with Gasteiger partial charge in [0.1, 0.15) is 24.5 Å². The van der Waals surface area contributed by atoms with Crippen molar-refractivity contribution in [3.05, 3.63) is 71.9 Å². The molecule has 1 heterocycles. The number of ether oxygens (including phenoxy) is 2. The summed E-state index contributed by atoms with van der Waals surface area (Å²) >= 11 is 0. The molecule has 0 fully saturated rings. The lowest BCUT2D eigenvalue weighted by Gasteiger charge is -2.29. The molecule has 2 aromatic carbocycles. The summed E-state index contributed by atoms with van der Waals surface area (Å²) < 4.78 is 11.0. The smallest absolute Gasteiger partial charge is 0.408 e. The molecule has 3 aromatic rings. The Morgan fingerprint density at radius 1 is 1.05 bits per heavy atom. The normalized spacial score (nSPS) is 14.1. The maximum atomic E-state index is 13.2. The van der Waals surface area contributed by atoms with Crippen LogP contribution in [0.25, 0.3) is 10.9 Å². The number of esters is 1. The van der Waals surface area contributed by atoms with Gasteiger partial charge in [-0.1, -0.05) is 68.3 Å². The number of alkyl carbamates (subject to hydrolysis) is 1. The molecule has 1 aromatic heterocycles. The van der Waals surface area contributed by atoms with Crippen LogP contribution in [0.3, 0.4) is 0 Å². The zero-order valence-corrected chi connectivity index (χ0v) is 22.1. The second-order valence-electron chi connectivity index (χ2n) is 10.2. The van der Waals surface area contributed by atoms with E-state index in [1.165, 1.54) is 0 Å². The molecule has 3 atom stereocenters. The fourth-order valence-electron chi connectivity index (χ4n) is 4.07. The van der Waals surface area contributed by atoms with E-state index in [4.69, 9.17) is 9.47 Å². The Labute approximate surface area is 218 Å². The molecule has 0 spiro atoms. The number of hydrogen-bond donors (Lipinski definition) is 4. The summed E-state index contributed by atoms with van der Waals surface area (Å²) in [5.74, 6) is -0.486. The second kappa shape index (κ2) is 13.3. The van der Waals surface area contributed by atoms with E-state index in [1.54, 1.807) is 20.8 Å². The molecule has 0 aliphatic heterocycles. The predicted molar refractivity (Wildman–Crippen MR) is 144 cm³/mol. The topological polar surface area (TPSA) is 113 Å². The monoisotopic (exact) mass is 509 g/mol. The number of fused-ring (bicyclic) bond motifs is 1. The first-order valence-electron chi connectivity index (χ1n) is 12.9. The molecular weight excluding hydrogens is 470 g/mol. The minimum atomic E-state index is -1.20. The Bertz CT molecular complexity index is 1140. The number of aliphatic hydroxyl groups is 1. The number of hydrogen-bond acceptors (Lipinski definition) is 6. The van der Waals surface area contributed by atoms with Crippen LogP contribution in [0, 0.1) is 0 Å². The van der Waals surface area contributed by atoms with Gasteiger partial charge in [-0.2, -0.15) is 0 Å². The molecule has 0 aliphatic carbocycles. The van der Waals surface area contributed by atoms with Gasteiger partial charge in [0.05, 0.1) is 6.04 Å². The second-order valence-corrected chi connectivity index (χ2v) is 10.2. The largest absolute Gasteiger partial charge is 0.460 e. The average Bonchev–Trinajstić information content (AvgIpc) is 3.27. The first kappa shape index (κ1) is 28.2. The molecular formula is C29H39N3O5. The molecule has 0 saturated carbocycles. The van der Waals surface area contributed by atoms with Gasteiger partial charge < -0.3 is 24.9 Å². The van der Waals surface area contributed by atoms with Gasteiger partial charge in [0, 0.05) is 23.5 Å². The highest BCUT2D eigenvalue weighted by atomic mass is 16.6. The number of aromatic nitrogens is 1. The van der Waals surface area contributed by atoms with Crippen LogP contribution in [0.4, 0.5) is 4.79 Å². The maximum absolute atomic E-state index is 13.2. The van der Waals surface area contributed by atoms with Crippen LogP contribution in [0.1, 0.15) is 58.1 Å². The number of benzene rings is 2. The van der Waals surface area contributed by atoms with Crippen LogP contribution in [0.2, 0.25) is 0 Å². The Morgan fingerprint density at radius 3 is 2.46 bits per heavy atom. The molecule has 3 rings (SSSR count). The number of H-pyrrole nitrogens is 1. The minimum Gasteiger partial charge on any atom is -0.460 e. The van der Waals surface area contributed by atoms with Crippen molar-refractivity contribution < 1.29 is 24.2 Å². The lowest BCUT2D eigenvalue weighted by atomic mass is 10.0. The number of amides is 1. The molecule has 0 radical (unpaired) electrons. The van der Waals surface area contributed by atoms with Gasteiger partial charge in [-0.05, 0) is 44.4 Å². The van der Waals surface area contributed by atoms with E-state index in [0.717, 1.165) is 34.9 Å². The van der Waals surface area contributed by atoms with Crippen molar-refractivity contribution in [2.45, 2.75) is 83.9 Å². The molecule has 37 heavy (non-hydrogen) atoms. The fraction of sp³-hybridized carbons (Fsp3) is 0.448. The maximum Gasteiger partial charge on any atom is 0.408 e. The Hall–Kier alpha value is -3.36. The Kier molecular flexibility index (Phi) is 10.1. The molecule has 8 nitrogen and oxygen atoms in total. The molecule has 2 unspecified atom stereocenters. The van der Waals surface area contributed by atoms with Crippen molar-refractivity contribution in [3.8, 4) is 0 Å². The van der Waals surface area contributed by atoms with Crippen LogP contribution < -0.4 is 10.6 Å². The number of carbonyl (C=O) groups excluding carboxylic acids is 2. The number of nitrogens with one attached hydrogen (secondary N) is 3. The van der Waals surface area contributed by atoms with Crippen LogP contribution >= 0.6 is 0 Å².